The molecule has 1 atom stereocenters. The molecule has 0 bridgehead atoms. The standard InChI is InChI=1S/C22H21NO/c1-3-23-20-12-11-16-8-4-5-10-18(16)22(20)19(14-21(23)24)17-9-6-7-15(2)13-17/h4-13,19H,3,14H2,1-2H3. The highest BCUT2D eigenvalue weighted by atomic mass is 16.2. The van der Waals surface area contributed by atoms with Gasteiger partial charge in [-0.2, -0.15) is 0 Å². The van der Waals surface area contributed by atoms with Crippen LogP contribution in [-0.4, -0.2) is 12.5 Å². The summed E-state index contributed by atoms with van der Waals surface area (Å²) in [4.78, 5) is 14.6. The summed E-state index contributed by atoms with van der Waals surface area (Å²) in [5, 5.41) is 2.49. The van der Waals surface area contributed by atoms with E-state index in [-0.39, 0.29) is 11.8 Å². The van der Waals surface area contributed by atoms with Crippen molar-refractivity contribution in [2.45, 2.75) is 26.2 Å². The fourth-order valence-corrected chi connectivity index (χ4v) is 3.92. The maximum Gasteiger partial charge on any atom is 0.227 e. The molecule has 0 radical (unpaired) electrons. The first-order chi connectivity index (χ1) is 11.7. The summed E-state index contributed by atoms with van der Waals surface area (Å²) in [7, 11) is 0. The Morgan fingerprint density at radius 1 is 1.04 bits per heavy atom. The van der Waals surface area contributed by atoms with Crippen LogP contribution in [0.1, 0.15) is 36.0 Å². The third-order valence-electron chi connectivity index (χ3n) is 5.03. The summed E-state index contributed by atoms with van der Waals surface area (Å²) in [6.07, 6.45) is 0.540. The first-order valence-electron chi connectivity index (χ1n) is 8.57. The van der Waals surface area contributed by atoms with Gasteiger partial charge in [0.2, 0.25) is 5.91 Å². The van der Waals surface area contributed by atoms with E-state index in [1.54, 1.807) is 0 Å². The minimum Gasteiger partial charge on any atom is -0.312 e. The number of hydrogen-bond acceptors (Lipinski definition) is 1. The average Bonchev–Trinajstić information content (AvgIpc) is 2.60. The van der Waals surface area contributed by atoms with Crippen LogP contribution in [0.3, 0.4) is 0 Å². The molecule has 0 saturated heterocycles. The van der Waals surface area contributed by atoms with Gasteiger partial charge in [-0.05, 0) is 41.8 Å². The van der Waals surface area contributed by atoms with Gasteiger partial charge in [0.15, 0.2) is 0 Å². The lowest BCUT2D eigenvalue weighted by atomic mass is 9.81. The van der Waals surface area contributed by atoms with E-state index in [4.69, 9.17) is 0 Å². The monoisotopic (exact) mass is 315 g/mol. The number of amides is 1. The molecule has 2 nitrogen and oxygen atoms in total. The molecule has 1 aliphatic rings. The van der Waals surface area contributed by atoms with Crippen molar-refractivity contribution in [2.24, 2.45) is 0 Å². The van der Waals surface area contributed by atoms with Gasteiger partial charge in [0.05, 0.1) is 0 Å². The molecule has 1 heterocycles. The summed E-state index contributed by atoms with van der Waals surface area (Å²) in [6, 6.07) is 21.3. The van der Waals surface area contributed by atoms with Gasteiger partial charge in [-0.1, -0.05) is 60.2 Å². The summed E-state index contributed by atoms with van der Waals surface area (Å²) in [5.74, 6) is 0.341. The van der Waals surface area contributed by atoms with E-state index in [1.807, 2.05) is 11.8 Å². The Kier molecular flexibility index (Phi) is 3.61. The summed E-state index contributed by atoms with van der Waals surface area (Å²) in [6.45, 7) is 4.87. The zero-order chi connectivity index (χ0) is 16.7. The molecule has 3 aromatic carbocycles. The Morgan fingerprint density at radius 3 is 2.67 bits per heavy atom. The van der Waals surface area contributed by atoms with Crippen LogP contribution in [0, 0.1) is 6.92 Å². The highest BCUT2D eigenvalue weighted by molar-refractivity contribution is 6.03. The Morgan fingerprint density at radius 2 is 1.88 bits per heavy atom. The molecule has 1 unspecified atom stereocenters. The zero-order valence-corrected chi connectivity index (χ0v) is 14.1. The van der Waals surface area contributed by atoms with Crippen LogP contribution in [0.5, 0.6) is 0 Å². The Hall–Kier alpha value is -2.61. The molecule has 120 valence electrons. The molecule has 0 saturated carbocycles. The maximum atomic E-state index is 12.7. The van der Waals surface area contributed by atoms with Crippen LogP contribution in [0.25, 0.3) is 10.8 Å². The number of rotatable bonds is 2. The number of benzene rings is 3. The van der Waals surface area contributed by atoms with Gasteiger partial charge < -0.3 is 4.90 Å². The van der Waals surface area contributed by atoms with Crippen molar-refractivity contribution >= 4 is 22.4 Å². The summed E-state index contributed by atoms with van der Waals surface area (Å²) < 4.78 is 0. The van der Waals surface area contributed by atoms with Gasteiger partial charge in [-0.15, -0.1) is 0 Å². The Labute approximate surface area is 142 Å². The zero-order valence-electron chi connectivity index (χ0n) is 14.1. The molecule has 0 aromatic heterocycles. The number of anilines is 1. The van der Waals surface area contributed by atoms with E-state index in [0.717, 1.165) is 5.69 Å². The summed E-state index contributed by atoms with van der Waals surface area (Å²) in [5.41, 5.74) is 4.83. The maximum absolute atomic E-state index is 12.7. The second-order valence-corrected chi connectivity index (χ2v) is 6.53. The second kappa shape index (κ2) is 5.79. The van der Waals surface area contributed by atoms with Crippen molar-refractivity contribution in [1.29, 1.82) is 0 Å². The Balaban J connectivity index is 2.01. The van der Waals surface area contributed by atoms with Gasteiger partial charge in [-0.3, -0.25) is 4.79 Å². The van der Waals surface area contributed by atoms with Crippen molar-refractivity contribution in [3.05, 3.63) is 77.4 Å². The number of fused-ring (bicyclic) bond motifs is 3. The molecule has 1 amide bonds. The number of carbonyl (C=O) groups excluding carboxylic acids is 1. The largest absolute Gasteiger partial charge is 0.312 e. The van der Waals surface area contributed by atoms with Crippen LogP contribution < -0.4 is 4.90 Å². The van der Waals surface area contributed by atoms with Crippen molar-refractivity contribution in [3.63, 3.8) is 0 Å². The van der Waals surface area contributed by atoms with E-state index in [0.29, 0.717) is 13.0 Å². The van der Waals surface area contributed by atoms with E-state index >= 15 is 0 Å². The van der Waals surface area contributed by atoms with E-state index in [9.17, 15) is 4.79 Å². The lowest BCUT2D eigenvalue weighted by molar-refractivity contribution is -0.119. The van der Waals surface area contributed by atoms with Crippen molar-refractivity contribution in [2.75, 3.05) is 11.4 Å². The fraction of sp³-hybridized carbons (Fsp3) is 0.227. The first-order valence-corrected chi connectivity index (χ1v) is 8.57. The molecule has 24 heavy (non-hydrogen) atoms. The molecular weight excluding hydrogens is 294 g/mol. The quantitative estimate of drug-likeness (QED) is 0.649. The average molecular weight is 315 g/mol. The molecule has 0 aliphatic carbocycles. The molecule has 0 N–H and O–H groups in total. The molecule has 3 aromatic rings. The van der Waals surface area contributed by atoms with Gasteiger partial charge in [0, 0.05) is 24.6 Å². The van der Waals surface area contributed by atoms with Crippen LogP contribution in [0.15, 0.2) is 60.7 Å². The number of carbonyl (C=O) groups is 1. The molecule has 1 aliphatic heterocycles. The normalized spacial score (nSPS) is 17.2. The summed E-state index contributed by atoms with van der Waals surface area (Å²) >= 11 is 0. The van der Waals surface area contributed by atoms with E-state index in [2.05, 4.69) is 67.6 Å². The van der Waals surface area contributed by atoms with Gasteiger partial charge >= 0.3 is 0 Å². The van der Waals surface area contributed by atoms with Crippen LogP contribution in [0.2, 0.25) is 0 Å². The van der Waals surface area contributed by atoms with Crippen molar-refractivity contribution < 1.29 is 4.79 Å². The van der Waals surface area contributed by atoms with Gasteiger partial charge in [-0.25, -0.2) is 0 Å². The predicted octanol–water partition coefficient (Wildman–Crippen LogP) is 5.04. The number of aryl methyl sites for hydroxylation is 1. The molecule has 0 spiro atoms. The first kappa shape index (κ1) is 14.9. The third-order valence-corrected chi connectivity index (χ3v) is 5.03. The highest BCUT2D eigenvalue weighted by Gasteiger charge is 2.32. The number of hydrogen-bond donors (Lipinski definition) is 0. The lowest BCUT2D eigenvalue weighted by Gasteiger charge is -2.35. The van der Waals surface area contributed by atoms with Crippen LogP contribution >= 0.6 is 0 Å². The van der Waals surface area contributed by atoms with Gasteiger partial charge in [0.25, 0.3) is 0 Å². The lowest BCUT2D eigenvalue weighted by Crippen LogP contribution is -2.36. The van der Waals surface area contributed by atoms with Crippen molar-refractivity contribution in [3.8, 4) is 0 Å². The topological polar surface area (TPSA) is 20.3 Å². The molecular formula is C22H21NO. The highest BCUT2D eigenvalue weighted by Crippen LogP contribution is 2.43. The fourth-order valence-electron chi connectivity index (χ4n) is 3.92. The van der Waals surface area contributed by atoms with E-state index < -0.39 is 0 Å². The van der Waals surface area contributed by atoms with E-state index in [1.165, 1.54) is 27.5 Å². The SMILES string of the molecule is CCN1C(=O)CC(c2cccc(C)c2)c2c1ccc1ccccc21. The minimum absolute atomic E-state index is 0.126. The van der Waals surface area contributed by atoms with Gasteiger partial charge in [0.1, 0.15) is 0 Å². The third kappa shape index (κ3) is 2.30. The number of nitrogens with zero attached hydrogens (tertiary/aromatic N) is 1. The van der Waals surface area contributed by atoms with Crippen LogP contribution in [0.4, 0.5) is 5.69 Å². The molecule has 0 fully saturated rings. The van der Waals surface area contributed by atoms with Crippen LogP contribution in [-0.2, 0) is 4.79 Å². The minimum atomic E-state index is 0.126. The smallest absolute Gasteiger partial charge is 0.227 e. The molecule has 2 heteroatoms. The predicted molar refractivity (Wildman–Crippen MR) is 99.6 cm³/mol. The van der Waals surface area contributed by atoms with Crippen molar-refractivity contribution in [1.82, 2.24) is 0 Å². The second-order valence-electron chi connectivity index (χ2n) is 6.53. The molecule has 4 rings (SSSR count). The Bertz CT molecular complexity index is 928.